The molecule has 0 fully saturated rings. The third-order valence-corrected chi connectivity index (χ3v) is 4.06. The molecule has 29 heavy (non-hydrogen) atoms. The molecule has 3 aromatic rings. The molecule has 0 aliphatic rings. The largest absolute Gasteiger partial charge is 0.333 e. The molecule has 0 bridgehead atoms. The number of hydrogen-bond donors (Lipinski definition) is 2. The van der Waals surface area contributed by atoms with Crippen molar-refractivity contribution in [3.05, 3.63) is 52.2 Å². The van der Waals surface area contributed by atoms with Crippen molar-refractivity contribution >= 4 is 23.0 Å². The number of fused-ring (bicyclic) bond motifs is 1. The predicted molar refractivity (Wildman–Crippen MR) is 109 cm³/mol. The quantitative estimate of drug-likeness (QED) is 0.702. The summed E-state index contributed by atoms with van der Waals surface area (Å²) in [6.07, 6.45) is 2.72. The van der Waals surface area contributed by atoms with E-state index in [2.05, 4.69) is 20.7 Å². The van der Waals surface area contributed by atoms with Crippen molar-refractivity contribution in [3.8, 4) is 5.69 Å². The Bertz CT molecular complexity index is 1130. The van der Waals surface area contributed by atoms with Gasteiger partial charge in [0.2, 0.25) is 5.91 Å². The van der Waals surface area contributed by atoms with Crippen LogP contribution in [0.5, 0.6) is 0 Å². The van der Waals surface area contributed by atoms with Gasteiger partial charge in [-0.1, -0.05) is 6.07 Å². The molecule has 2 heterocycles. The maximum absolute atomic E-state index is 12.7. The van der Waals surface area contributed by atoms with Gasteiger partial charge in [0.15, 0.2) is 5.65 Å². The lowest BCUT2D eigenvalue weighted by Gasteiger charge is -2.20. The molecule has 1 aromatic carbocycles. The monoisotopic (exact) mass is 396 g/mol. The first-order valence-corrected chi connectivity index (χ1v) is 9.17. The van der Waals surface area contributed by atoms with Gasteiger partial charge >= 0.3 is 6.03 Å². The highest BCUT2D eigenvalue weighted by Crippen LogP contribution is 2.17. The van der Waals surface area contributed by atoms with Crippen molar-refractivity contribution in [2.45, 2.75) is 46.7 Å². The lowest BCUT2D eigenvalue weighted by molar-refractivity contribution is -0.120. The Morgan fingerprint density at radius 3 is 2.38 bits per heavy atom. The zero-order valence-corrected chi connectivity index (χ0v) is 17.1. The zero-order valence-electron chi connectivity index (χ0n) is 17.1. The topological polar surface area (TPSA) is 111 Å². The number of benzene rings is 1. The van der Waals surface area contributed by atoms with E-state index in [4.69, 9.17) is 0 Å². The molecule has 0 radical (unpaired) electrons. The smallest absolute Gasteiger partial charge is 0.321 e. The molecule has 9 nitrogen and oxygen atoms in total. The van der Waals surface area contributed by atoms with E-state index in [1.165, 1.54) is 12.5 Å². The maximum Gasteiger partial charge on any atom is 0.321 e. The van der Waals surface area contributed by atoms with Gasteiger partial charge in [0.1, 0.15) is 18.3 Å². The fourth-order valence-corrected chi connectivity index (χ4v) is 3.02. The van der Waals surface area contributed by atoms with E-state index in [0.29, 0.717) is 11.0 Å². The van der Waals surface area contributed by atoms with Crippen LogP contribution >= 0.6 is 0 Å². The molecule has 3 amide bonds. The molecule has 152 valence electrons. The van der Waals surface area contributed by atoms with Gasteiger partial charge < -0.3 is 5.32 Å². The van der Waals surface area contributed by atoms with Gasteiger partial charge in [-0.2, -0.15) is 5.10 Å². The van der Waals surface area contributed by atoms with Gasteiger partial charge in [-0.05, 0) is 57.9 Å². The van der Waals surface area contributed by atoms with Crippen molar-refractivity contribution in [2.75, 3.05) is 0 Å². The Morgan fingerprint density at radius 2 is 1.76 bits per heavy atom. The van der Waals surface area contributed by atoms with Crippen molar-refractivity contribution in [2.24, 2.45) is 0 Å². The van der Waals surface area contributed by atoms with Gasteiger partial charge in [-0.15, -0.1) is 0 Å². The normalized spacial score (nSPS) is 11.5. The molecule has 0 saturated heterocycles. The minimum absolute atomic E-state index is 0.290. The fourth-order valence-electron chi connectivity index (χ4n) is 3.02. The van der Waals surface area contributed by atoms with Crippen LogP contribution in [-0.4, -0.2) is 36.8 Å². The average molecular weight is 396 g/mol. The molecule has 2 N–H and O–H groups in total. The van der Waals surface area contributed by atoms with Crippen LogP contribution in [0.15, 0.2) is 35.5 Å². The maximum atomic E-state index is 12.7. The second kappa shape index (κ2) is 7.50. The summed E-state index contributed by atoms with van der Waals surface area (Å²) in [5, 5.41) is 9.41. The van der Waals surface area contributed by atoms with Crippen LogP contribution in [0.3, 0.4) is 0 Å². The second-order valence-corrected chi connectivity index (χ2v) is 8.07. The average Bonchev–Trinajstić information content (AvgIpc) is 2.99. The number of amides is 3. The zero-order chi connectivity index (χ0) is 21.3. The van der Waals surface area contributed by atoms with Crippen LogP contribution in [0.4, 0.5) is 4.79 Å². The highest BCUT2D eigenvalue weighted by molar-refractivity contribution is 5.94. The van der Waals surface area contributed by atoms with E-state index in [1.807, 2.05) is 32.0 Å². The lowest BCUT2D eigenvalue weighted by atomic mass is 10.1. The van der Waals surface area contributed by atoms with E-state index >= 15 is 0 Å². The molecule has 2 aromatic heterocycles. The third-order valence-electron chi connectivity index (χ3n) is 4.06. The highest BCUT2D eigenvalue weighted by atomic mass is 16.2. The summed E-state index contributed by atoms with van der Waals surface area (Å²) in [6, 6.07) is 5.33. The predicted octanol–water partition coefficient (Wildman–Crippen LogP) is 1.82. The first-order chi connectivity index (χ1) is 13.5. The van der Waals surface area contributed by atoms with E-state index < -0.39 is 23.0 Å². The summed E-state index contributed by atoms with van der Waals surface area (Å²) in [5.74, 6) is -0.614. The van der Waals surface area contributed by atoms with Crippen LogP contribution in [0, 0.1) is 13.8 Å². The number of urea groups is 1. The Morgan fingerprint density at radius 1 is 1.10 bits per heavy atom. The van der Waals surface area contributed by atoms with E-state index in [-0.39, 0.29) is 6.54 Å². The summed E-state index contributed by atoms with van der Waals surface area (Å²) >= 11 is 0. The van der Waals surface area contributed by atoms with Crippen molar-refractivity contribution < 1.29 is 9.59 Å². The SMILES string of the molecule is Cc1cc(C)cc(-n2ncc3c(=O)n(CC(=O)NC(=O)NC(C)(C)C)cnc32)c1. The minimum Gasteiger partial charge on any atom is -0.333 e. The molecule has 9 heteroatoms. The van der Waals surface area contributed by atoms with E-state index in [1.54, 1.807) is 25.5 Å². The van der Waals surface area contributed by atoms with Crippen LogP contribution in [-0.2, 0) is 11.3 Å². The summed E-state index contributed by atoms with van der Waals surface area (Å²) in [4.78, 5) is 41.0. The Labute approximate surface area is 167 Å². The second-order valence-electron chi connectivity index (χ2n) is 8.07. The molecule has 0 unspecified atom stereocenters. The number of rotatable bonds is 3. The standard InChI is InChI=1S/C20H24N6O3/c1-12-6-13(2)8-14(7-12)26-17-15(9-22-26)18(28)25(11-21-17)10-16(27)23-19(29)24-20(3,4)5/h6-9,11H,10H2,1-5H3,(H2,23,24,27,29). The van der Waals surface area contributed by atoms with Crippen LogP contribution in [0.1, 0.15) is 31.9 Å². The minimum atomic E-state index is -0.618. The van der Waals surface area contributed by atoms with Gasteiger partial charge in [-0.25, -0.2) is 14.5 Å². The molecule has 0 spiro atoms. The number of carbonyl (C=O) groups is 2. The van der Waals surface area contributed by atoms with Gasteiger partial charge in [0.25, 0.3) is 5.56 Å². The van der Waals surface area contributed by atoms with Crippen molar-refractivity contribution in [3.63, 3.8) is 0 Å². The van der Waals surface area contributed by atoms with Crippen LogP contribution in [0.25, 0.3) is 16.7 Å². The van der Waals surface area contributed by atoms with Gasteiger partial charge in [0, 0.05) is 5.54 Å². The summed E-state index contributed by atoms with van der Waals surface area (Å²) in [6.45, 7) is 9.04. The van der Waals surface area contributed by atoms with Gasteiger partial charge in [0.05, 0.1) is 11.9 Å². The number of hydrogen-bond acceptors (Lipinski definition) is 5. The molecule has 0 aliphatic carbocycles. The first kappa shape index (κ1) is 20.2. The number of nitrogens with one attached hydrogen (secondary N) is 2. The summed E-state index contributed by atoms with van der Waals surface area (Å²) < 4.78 is 2.74. The summed E-state index contributed by atoms with van der Waals surface area (Å²) in [7, 11) is 0. The van der Waals surface area contributed by atoms with Crippen LogP contribution in [0.2, 0.25) is 0 Å². The molecule has 3 rings (SSSR count). The Kier molecular flexibility index (Phi) is 5.23. The van der Waals surface area contributed by atoms with Gasteiger partial charge in [-0.3, -0.25) is 19.5 Å². The number of aromatic nitrogens is 4. The Hall–Kier alpha value is -3.49. The molecular weight excluding hydrogens is 372 g/mol. The number of nitrogens with zero attached hydrogens (tertiary/aromatic N) is 4. The van der Waals surface area contributed by atoms with Crippen LogP contribution < -0.4 is 16.2 Å². The molecular formula is C20H24N6O3. The summed E-state index contributed by atoms with van der Waals surface area (Å²) in [5.41, 5.74) is 2.46. The van der Waals surface area contributed by atoms with E-state index in [9.17, 15) is 14.4 Å². The third kappa shape index (κ3) is 4.68. The molecule has 0 atom stereocenters. The molecule has 0 saturated carbocycles. The number of aryl methyl sites for hydroxylation is 2. The number of imide groups is 1. The first-order valence-electron chi connectivity index (χ1n) is 9.17. The molecule has 0 aliphatic heterocycles. The van der Waals surface area contributed by atoms with E-state index in [0.717, 1.165) is 21.4 Å². The highest BCUT2D eigenvalue weighted by Gasteiger charge is 2.17. The van der Waals surface area contributed by atoms with Crippen molar-refractivity contribution in [1.29, 1.82) is 0 Å². The Balaban J connectivity index is 1.85. The number of carbonyl (C=O) groups excluding carboxylic acids is 2. The lowest BCUT2D eigenvalue weighted by Crippen LogP contribution is -2.49. The van der Waals surface area contributed by atoms with Crippen molar-refractivity contribution in [1.82, 2.24) is 30.0 Å². The fraction of sp³-hybridized carbons (Fsp3) is 0.350.